The molecule has 0 radical (unpaired) electrons. The maximum atomic E-state index is 12.1. The summed E-state index contributed by atoms with van der Waals surface area (Å²) >= 11 is 6.02. The van der Waals surface area contributed by atoms with E-state index in [4.69, 9.17) is 35.3 Å². The van der Waals surface area contributed by atoms with E-state index in [1.165, 1.54) is 12.1 Å². The van der Waals surface area contributed by atoms with Gasteiger partial charge in [0.2, 0.25) is 6.79 Å². The number of esters is 1. The maximum absolute atomic E-state index is 12.1. The fourth-order valence-electron chi connectivity index (χ4n) is 2.44. The van der Waals surface area contributed by atoms with Gasteiger partial charge in [-0.2, -0.15) is 0 Å². The number of nitrogens with one attached hydrogen (secondary N) is 1. The molecule has 8 nitrogen and oxygen atoms in total. The number of para-hydroxylation sites is 2. The number of benzene rings is 2. The highest BCUT2D eigenvalue weighted by Gasteiger charge is 2.21. The largest absolute Gasteiger partial charge is 0.493 e. The number of methoxy groups -OCH3 is 1. The molecule has 1 aliphatic heterocycles. The number of rotatable bonds is 8. The molecule has 0 saturated heterocycles. The number of ether oxygens (including phenoxy) is 5. The first kappa shape index (κ1) is 19.6. The van der Waals surface area contributed by atoms with Gasteiger partial charge in [0.25, 0.3) is 5.91 Å². The van der Waals surface area contributed by atoms with Crippen molar-refractivity contribution in [2.45, 2.75) is 0 Å². The lowest BCUT2D eigenvalue weighted by Gasteiger charge is -2.11. The molecule has 1 aliphatic rings. The second-order valence-corrected chi connectivity index (χ2v) is 6.02. The third kappa shape index (κ3) is 4.77. The Morgan fingerprint density at radius 2 is 1.96 bits per heavy atom. The summed E-state index contributed by atoms with van der Waals surface area (Å²) in [4.78, 5) is 23.9. The van der Waals surface area contributed by atoms with Gasteiger partial charge in [-0.3, -0.25) is 4.79 Å². The number of carbonyl (C=O) groups excluding carboxylic acids is 2. The number of halogens is 1. The molecule has 0 aliphatic carbocycles. The molecule has 148 valence electrons. The van der Waals surface area contributed by atoms with Crippen LogP contribution >= 0.6 is 11.6 Å². The normalized spacial score (nSPS) is 11.6. The molecule has 3 rings (SSSR count). The zero-order chi connectivity index (χ0) is 19.9. The van der Waals surface area contributed by atoms with Crippen LogP contribution in [0.2, 0.25) is 5.02 Å². The van der Waals surface area contributed by atoms with Gasteiger partial charge in [-0.15, -0.1) is 0 Å². The highest BCUT2D eigenvalue weighted by Crippen LogP contribution is 2.39. The van der Waals surface area contributed by atoms with Crippen LogP contribution in [-0.2, 0) is 9.53 Å². The molecule has 1 N–H and O–H groups in total. The lowest BCUT2D eigenvalue weighted by atomic mass is 10.2. The van der Waals surface area contributed by atoms with Crippen molar-refractivity contribution in [1.82, 2.24) is 5.32 Å². The van der Waals surface area contributed by atoms with Gasteiger partial charge in [0, 0.05) is 0 Å². The predicted molar refractivity (Wildman–Crippen MR) is 99.4 cm³/mol. The molecule has 1 heterocycles. The molecule has 2 aromatic carbocycles. The monoisotopic (exact) mass is 407 g/mol. The Morgan fingerprint density at radius 3 is 2.75 bits per heavy atom. The van der Waals surface area contributed by atoms with E-state index in [1.54, 1.807) is 19.2 Å². The Labute approximate surface area is 166 Å². The smallest absolute Gasteiger partial charge is 0.338 e. The molecule has 2 aromatic rings. The van der Waals surface area contributed by atoms with Crippen molar-refractivity contribution in [2.75, 3.05) is 33.7 Å². The van der Waals surface area contributed by atoms with Gasteiger partial charge < -0.3 is 29.0 Å². The van der Waals surface area contributed by atoms with Crippen molar-refractivity contribution in [3.63, 3.8) is 0 Å². The fraction of sp³-hybridized carbons (Fsp3) is 0.263. The molecule has 0 saturated carbocycles. The third-order valence-electron chi connectivity index (χ3n) is 3.75. The van der Waals surface area contributed by atoms with E-state index in [2.05, 4.69) is 5.32 Å². The minimum absolute atomic E-state index is 0.0346. The SMILES string of the molecule is COc1ccccc1OCCNC(=O)COC(=O)c1cc(Cl)c2c(c1)OCO2. The van der Waals surface area contributed by atoms with Gasteiger partial charge in [-0.05, 0) is 24.3 Å². The number of hydrogen-bond acceptors (Lipinski definition) is 7. The van der Waals surface area contributed by atoms with E-state index in [0.717, 1.165) is 0 Å². The van der Waals surface area contributed by atoms with Crippen molar-refractivity contribution in [3.8, 4) is 23.0 Å². The predicted octanol–water partition coefficient (Wildman–Crippen LogP) is 2.43. The summed E-state index contributed by atoms with van der Waals surface area (Å²) in [5.74, 6) is 0.767. The molecule has 9 heteroatoms. The topological polar surface area (TPSA) is 92.3 Å². The van der Waals surface area contributed by atoms with E-state index < -0.39 is 18.5 Å². The van der Waals surface area contributed by atoms with Gasteiger partial charge >= 0.3 is 5.97 Å². The highest BCUT2D eigenvalue weighted by atomic mass is 35.5. The first-order valence-electron chi connectivity index (χ1n) is 8.37. The average molecular weight is 408 g/mol. The average Bonchev–Trinajstić information content (AvgIpc) is 3.19. The summed E-state index contributed by atoms with van der Waals surface area (Å²) in [6.07, 6.45) is 0. The van der Waals surface area contributed by atoms with Crippen molar-refractivity contribution in [3.05, 3.63) is 47.0 Å². The summed E-state index contributed by atoms with van der Waals surface area (Å²) < 4.78 is 26.1. The van der Waals surface area contributed by atoms with Crippen LogP contribution in [0.3, 0.4) is 0 Å². The molecule has 28 heavy (non-hydrogen) atoms. The summed E-state index contributed by atoms with van der Waals surface area (Å²) in [5, 5.41) is 2.83. The molecular weight excluding hydrogens is 390 g/mol. The Balaban J connectivity index is 1.41. The van der Waals surface area contributed by atoms with Crippen molar-refractivity contribution in [1.29, 1.82) is 0 Å². The lowest BCUT2D eigenvalue weighted by Crippen LogP contribution is -2.32. The van der Waals surface area contributed by atoms with Gasteiger partial charge in [0.1, 0.15) is 6.61 Å². The number of hydrogen-bond donors (Lipinski definition) is 1. The van der Waals surface area contributed by atoms with E-state index >= 15 is 0 Å². The van der Waals surface area contributed by atoms with Crippen molar-refractivity contribution >= 4 is 23.5 Å². The second kappa shape index (κ2) is 9.18. The van der Waals surface area contributed by atoms with E-state index in [0.29, 0.717) is 23.0 Å². The molecule has 0 atom stereocenters. The Morgan fingerprint density at radius 1 is 1.18 bits per heavy atom. The quantitative estimate of drug-likeness (QED) is 0.530. The van der Waals surface area contributed by atoms with Crippen LogP contribution in [0.4, 0.5) is 0 Å². The van der Waals surface area contributed by atoms with E-state index in [1.807, 2.05) is 12.1 Å². The molecular formula is C19H18ClNO7. The van der Waals surface area contributed by atoms with Crippen LogP contribution in [-0.4, -0.2) is 45.5 Å². The van der Waals surface area contributed by atoms with Gasteiger partial charge in [0.05, 0.1) is 24.2 Å². The minimum atomic E-state index is -0.694. The molecule has 1 amide bonds. The van der Waals surface area contributed by atoms with E-state index in [9.17, 15) is 9.59 Å². The van der Waals surface area contributed by atoms with Crippen LogP contribution in [0.1, 0.15) is 10.4 Å². The summed E-state index contributed by atoms with van der Waals surface area (Å²) in [6.45, 7) is 0.0779. The molecule has 0 bridgehead atoms. The number of amides is 1. The van der Waals surface area contributed by atoms with Crippen LogP contribution in [0.15, 0.2) is 36.4 Å². The Kier molecular flexibility index (Phi) is 6.44. The minimum Gasteiger partial charge on any atom is -0.493 e. The first-order chi connectivity index (χ1) is 13.6. The molecule has 0 fully saturated rings. The van der Waals surface area contributed by atoms with Gasteiger partial charge in [0.15, 0.2) is 29.6 Å². The van der Waals surface area contributed by atoms with Crippen molar-refractivity contribution < 1.29 is 33.3 Å². The highest BCUT2D eigenvalue weighted by molar-refractivity contribution is 6.32. The second-order valence-electron chi connectivity index (χ2n) is 5.62. The van der Waals surface area contributed by atoms with Gasteiger partial charge in [-0.1, -0.05) is 23.7 Å². The maximum Gasteiger partial charge on any atom is 0.338 e. The number of fused-ring (bicyclic) bond motifs is 1. The van der Waals surface area contributed by atoms with Crippen molar-refractivity contribution in [2.24, 2.45) is 0 Å². The van der Waals surface area contributed by atoms with Crippen LogP contribution in [0.5, 0.6) is 23.0 Å². The summed E-state index contributed by atoms with van der Waals surface area (Å²) in [7, 11) is 1.55. The summed E-state index contributed by atoms with van der Waals surface area (Å²) in [5.41, 5.74) is 0.168. The molecule has 0 aromatic heterocycles. The Bertz CT molecular complexity index is 871. The van der Waals surface area contributed by atoms with Crippen LogP contribution in [0.25, 0.3) is 0 Å². The molecule has 0 spiro atoms. The van der Waals surface area contributed by atoms with Crippen LogP contribution in [0, 0.1) is 0 Å². The Hall–Kier alpha value is -3.13. The standard InChI is InChI=1S/C19H18ClNO7/c1-24-14-4-2-3-5-15(14)25-7-6-21-17(22)10-26-19(23)12-8-13(20)18-16(9-12)27-11-28-18/h2-5,8-9H,6-7,10-11H2,1H3,(H,21,22). The number of carbonyl (C=O) groups is 2. The van der Waals surface area contributed by atoms with Crippen LogP contribution < -0.4 is 24.3 Å². The fourth-order valence-corrected chi connectivity index (χ4v) is 2.71. The third-order valence-corrected chi connectivity index (χ3v) is 4.03. The molecule has 0 unspecified atom stereocenters. The lowest BCUT2D eigenvalue weighted by molar-refractivity contribution is -0.124. The van der Waals surface area contributed by atoms with Gasteiger partial charge in [-0.25, -0.2) is 4.79 Å². The first-order valence-corrected chi connectivity index (χ1v) is 8.75. The van der Waals surface area contributed by atoms with E-state index in [-0.39, 0.29) is 30.5 Å². The zero-order valence-corrected chi connectivity index (χ0v) is 15.8. The summed E-state index contributed by atoms with van der Waals surface area (Å²) in [6, 6.07) is 10.0. The zero-order valence-electron chi connectivity index (χ0n) is 15.0.